The standard InChI is InChI=1S/C17H23F3N2O2/c1-16(2,3)24-15(23)22-10-9-21(12-17(18,19)20)11-14(22)13-7-5-4-6-8-13/h4-8,14H,9-12H2,1-3H3. The summed E-state index contributed by atoms with van der Waals surface area (Å²) in [5.74, 6) is 0. The number of carbonyl (C=O) groups excluding carboxylic acids is 1. The van der Waals surface area contributed by atoms with Crippen LogP contribution in [0.2, 0.25) is 0 Å². The van der Waals surface area contributed by atoms with Gasteiger partial charge in [0.05, 0.1) is 12.6 Å². The minimum Gasteiger partial charge on any atom is -0.444 e. The van der Waals surface area contributed by atoms with Gasteiger partial charge in [0.15, 0.2) is 0 Å². The first kappa shape index (κ1) is 18.6. The van der Waals surface area contributed by atoms with Crippen molar-refractivity contribution >= 4 is 6.09 Å². The third-order valence-electron chi connectivity index (χ3n) is 3.68. The Hall–Kier alpha value is -1.76. The molecule has 134 valence electrons. The quantitative estimate of drug-likeness (QED) is 0.817. The predicted molar refractivity (Wildman–Crippen MR) is 84.6 cm³/mol. The maximum absolute atomic E-state index is 12.7. The van der Waals surface area contributed by atoms with E-state index in [1.54, 1.807) is 20.8 Å². The van der Waals surface area contributed by atoms with E-state index >= 15 is 0 Å². The van der Waals surface area contributed by atoms with E-state index in [1.165, 1.54) is 9.80 Å². The topological polar surface area (TPSA) is 32.8 Å². The lowest BCUT2D eigenvalue weighted by Crippen LogP contribution is -2.53. The molecule has 1 aliphatic rings. The van der Waals surface area contributed by atoms with Crippen LogP contribution in [0.25, 0.3) is 0 Å². The molecule has 1 fully saturated rings. The number of alkyl halides is 3. The third kappa shape index (κ3) is 5.40. The molecule has 0 radical (unpaired) electrons. The van der Waals surface area contributed by atoms with Crippen LogP contribution in [0, 0.1) is 0 Å². The molecule has 1 amide bonds. The first-order chi connectivity index (χ1) is 11.1. The Labute approximate surface area is 140 Å². The first-order valence-corrected chi connectivity index (χ1v) is 7.89. The number of ether oxygens (including phenoxy) is 1. The molecule has 0 saturated carbocycles. The average Bonchev–Trinajstić information content (AvgIpc) is 2.44. The molecule has 0 bridgehead atoms. The van der Waals surface area contributed by atoms with E-state index in [1.807, 2.05) is 30.3 Å². The van der Waals surface area contributed by atoms with Crippen molar-refractivity contribution in [1.82, 2.24) is 9.80 Å². The number of benzene rings is 1. The fourth-order valence-corrected chi connectivity index (χ4v) is 2.74. The van der Waals surface area contributed by atoms with Crippen molar-refractivity contribution in [1.29, 1.82) is 0 Å². The molecule has 1 unspecified atom stereocenters. The number of hydrogen-bond donors (Lipinski definition) is 0. The maximum atomic E-state index is 12.7. The minimum absolute atomic E-state index is 0.128. The molecule has 24 heavy (non-hydrogen) atoms. The van der Waals surface area contributed by atoms with Crippen LogP contribution >= 0.6 is 0 Å². The molecule has 2 rings (SSSR count). The molecule has 7 heteroatoms. The van der Waals surface area contributed by atoms with Gasteiger partial charge < -0.3 is 4.74 Å². The molecule has 0 spiro atoms. The zero-order chi connectivity index (χ0) is 18.0. The van der Waals surface area contributed by atoms with E-state index in [0.29, 0.717) is 0 Å². The van der Waals surface area contributed by atoms with Crippen molar-refractivity contribution in [2.24, 2.45) is 0 Å². The van der Waals surface area contributed by atoms with Crippen LogP contribution in [0.15, 0.2) is 30.3 Å². The summed E-state index contributed by atoms with van der Waals surface area (Å²) in [5.41, 5.74) is 0.150. The second kappa shape index (κ2) is 7.01. The molecular weight excluding hydrogens is 321 g/mol. The van der Waals surface area contributed by atoms with E-state index in [-0.39, 0.29) is 19.6 Å². The Bertz CT molecular complexity index is 555. The smallest absolute Gasteiger partial charge is 0.410 e. The first-order valence-electron chi connectivity index (χ1n) is 7.89. The Kier molecular flexibility index (Phi) is 5.42. The highest BCUT2D eigenvalue weighted by Gasteiger charge is 2.38. The second-order valence-electron chi connectivity index (χ2n) is 6.95. The summed E-state index contributed by atoms with van der Waals surface area (Å²) in [4.78, 5) is 15.3. The van der Waals surface area contributed by atoms with Gasteiger partial charge in [-0.15, -0.1) is 0 Å². The van der Waals surface area contributed by atoms with Crippen LogP contribution in [0.4, 0.5) is 18.0 Å². The Morgan fingerprint density at radius 3 is 2.33 bits per heavy atom. The summed E-state index contributed by atoms with van der Waals surface area (Å²) < 4.78 is 43.5. The molecule has 1 aromatic carbocycles. The van der Waals surface area contributed by atoms with Gasteiger partial charge in [-0.25, -0.2) is 4.79 Å². The van der Waals surface area contributed by atoms with E-state index < -0.39 is 30.5 Å². The summed E-state index contributed by atoms with van der Waals surface area (Å²) in [6.07, 6.45) is -4.75. The van der Waals surface area contributed by atoms with Gasteiger partial charge in [0.1, 0.15) is 5.60 Å². The lowest BCUT2D eigenvalue weighted by molar-refractivity contribution is -0.151. The predicted octanol–water partition coefficient (Wildman–Crippen LogP) is 3.84. The summed E-state index contributed by atoms with van der Waals surface area (Å²) in [6.45, 7) is 4.82. The Balaban J connectivity index is 2.19. The van der Waals surface area contributed by atoms with Gasteiger partial charge in [-0.3, -0.25) is 9.80 Å². The van der Waals surface area contributed by atoms with Gasteiger partial charge >= 0.3 is 12.3 Å². The van der Waals surface area contributed by atoms with E-state index in [2.05, 4.69) is 0 Å². The number of hydrogen-bond acceptors (Lipinski definition) is 3. The number of halogens is 3. The molecule has 0 aromatic heterocycles. The molecule has 1 aliphatic heterocycles. The normalized spacial score (nSPS) is 20.1. The van der Waals surface area contributed by atoms with Crippen molar-refractivity contribution in [3.8, 4) is 0 Å². The second-order valence-corrected chi connectivity index (χ2v) is 6.95. The highest BCUT2D eigenvalue weighted by molar-refractivity contribution is 5.69. The molecule has 1 saturated heterocycles. The largest absolute Gasteiger partial charge is 0.444 e. The molecule has 1 aromatic rings. The lowest BCUT2D eigenvalue weighted by atomic mass is 10.0. The molecular formula is C17H23F3N2O2. The van der Waals surface area contributed by atoms with Crippen LogP contribution in [-0.4, -0.2) is 53.8 Å². The molecule has 0 aliphatic carbocycles. The lowest BCUT2D eigenvalue weighted by Gasteiger charge is -2.42. The Morgan fingerprint density at radius 2 is 1.79 bits per heavy atom. The molecule has 1 atom stereocenters. The summed E-state index contributed by atoms with van der Waals surface area (Å²) in [6, 6.07) is 8.63. The molecule has 1 heterocycles. The zero-order valence-corrected chi connectivity index (χ0v) is 14.1. The highest BCUT2D eigenvalue weighted by Crippen LogP contribution is 2.29. The average molecular weight is 344 g/mol. The van der Waals surface area contributed by atoms with Crippen LogP contribution in [0.3, 0.4) is 0 Å². The van der Waals surface area contributed by atoms with Gasteiger partial charge in [-0.05, 0) is 26.3 Å². The van der Waals surface area contributed by atoms with Crippen molar-refractivity contribution < 1.29 is 22.7 Å². The monoisotopic (exact) mass is 344 g/mol. The minimum atomic E-state index is -4.25. The number of nitrogens with zero attached hydrogens (tertiary/aromatic N) is 2. The summed E-state index contributed by atoms with van der Waals surface area (Å²) in [5, 5.41) is 0. The van der Waals surface area contributed by atoms with Gasteiger partial charge in [-0.1, -0.05) is 30.3 Å². The van der Waals surface area contributed by atoms with Gasteiger partial charge in [-0.2, -0.15) is 13.2 Å². The van der Waals surface area contributed by atoms with Gasteiger partial charge in [0, 0.05) is 19.6 Å². The van der Waals surface area contributed by atoms with Crippen LogP contribution in [-0.2, 0) is 4.74 Å². The van der Waals surface area contributed by atoms with Crippen molar-refractivity contribution in [2.45, 2.75) is 38.6 Å². The fraction of sp³-hybridized carbons (Fsp3) is 0.588. The SMILES string of the molecule is CC(C)(C)OC(=O)N1CCN(CC(F)(F)F)CC1c1ccccc1. The number of carbonyl (C=O) groups is 1. The van der Waals surface area contributed by atoms with Gasteiger partial charge in [0.25, 0.3) is 0 Å². The summed E-state index contributed by atoms with van der Waals surface area (Å²) in [7, 11) is 0. The van der Waals surface area contributed by atoms with Crippen molar-refractivity contribution in [2.75, 3.05) is 26.2 Å². The van der Waals surface area contributed by atoms with Crippen molar-refractivity contribution in [3.05, 3.63) is 35.9 Å². The number of rotatable bonds is 2. The van der Waals surface area contributed by atoms with Crippen LogP contribution in [0.5, 0.6) is 0 Å². The third-order valence-corrected chi connectivity index (χ3v) is 3.68. The maximum Gasteiger partial charge on any atom is 0.410 e. The van der Waals surface area contributed by atoms with E-state index in [0.717, 1.165) is 5.56 Å². The highest BCUT2D eigenvalue weighted by atomic mass is 19.4. The number of amides is 1. The van der Waals surface area contributed by atoms with E-state index in [4.69, 9.17) is 4.74 Å². The van der Waals surface area contributed by atoms with Crippen LogP contribution < -0.4 is 0 Å². The van der Waals surface area contributed by atoms with Gasteiger partial charge in [0.2, 0.25) is 0 Å². The number of piperazine rings is 1. The molecule has 4 nitrogen and oxygen atoms in total. The zero-order valence-electron chi connectivity index (χ0n) is 14.1. The van der Waals surface area contributed by atoms with Crippen molar-refractivity contribution in [3.63, 3.8) is 0 Å². The summed E-state index contributed by atoms with van der Waals surface area (Å²) >= 11 is 0. The van der Waals surface area contributed by atoms with E-state index in [9.17, 15) is 18.0 Å². The Morgan fingerprint density at radius 1 is 1.17 bits per heavy atom. The fourth-order valence-electron chi connectivity index (χ4n) is 2.74. The molecule has 0 N–H and O–H groups in total. The van der Waals surface area contributed by atoms with Crippen LogP contribution in [0.1, 0.15) is 32.4 Å².